The molecule has 4 atom stereocenters. The van der Waals surface area contributed by atoms with Crippen LogP contribution in [0.15, 0.2) is 60.7 Å². The van der Waals surface area contributed by atoms with Crippen molar-refractivity contribution in [2.75, 3.05) is 26.3 Å². The Morgan fingerprint density at radius 2 is 0.846 bits per heavy atom. The SMILES string of the molecule is CCOC(=O)C(CCc1ccccc1)N(C(=O)O)[C@@H](CCCCNC(=O)C(F)(F)F)C(=O)OC(=O)[C@H](CCCCNC(=O)C(F)(F)F)N(C(=O)O)C(CCc1ccccc1)C(=O)OCC. The number of unbranched alkanes of at least 4 members (excludes halogenated alkanes) is 2. The van der Waals surface area contributed by atoms with E-state index < -0.39 is 110 Å². The zero-order valence-electron chi connectivity index (χ0n) is 35.5. The summed E-state index contributed by atoms with van der Waals surface area (Å²) in [6, 6.07) is 8.92. The molecule has 2 aromatic carbocycles. The average Bonchev–Trinajstić information content (AvgIpc) is 3.24. The molecule has 23 heteroatoms. The minimum absolute atomic E-state index is 0.0373. The third kappa shape index (κ3) is 18.7. The van der Waals surface area contributed by atoms with E-state index in [2.05, 4.69) is 0 Å². The summed E-state index contributed by atoms with van der Waals surface area (Å²) in [6.07, 6.45) is -17.4. The maximum atomic E-state index is 14.2. The standard InChI is InChI=1S/C42H52F6N4O13/c1-3-63-33(53)31(23-21-27-15-7-5-8-16-27)51(39(59)60)29(19-11-13-25-49-37(57)41(43,44)45)35(55)65-36(56)30(20-12-14-26-50-38(58)42(46,47)48)52(40(61)62)32(34(54)64-4-2)24-22-28-17-9-6-10-18-28/h5-10,15-18,29-32H,3-4,11-14,19-26H2,1-2H3,(H,49,57)(H,50,58)(H,59,60)(H,61,62)/t29-,30-,31?,32?/m0/s1. The van der Waals surface area contributed by atoms with Crippen molar-refractivity contribution >= 4 is 47.9 Å². The maximum Gasteiger partial charge on any atom is 0.471 e. The maximum absolute atomic E-state index is 14.2. The topological polar surface area (TPSA) is 235 Å². The zero-order chi connectivity index (χ0) is 48.7. The van der Waals surface area contributed by atoms with Gasteiger partial charge in [-0.15, -0.1) is 0 Å². The highest BCUT2D eigenvalue weighted by molar-refractivity contribution is 5.95. The second-order valence-corrected chi connectivity index (χ2v) is 14.2. The van der Waals surface area contributed by atoms with Gasteiger partial charge in [0, 0.05) is 13.1 Å². The van der Waals surface area contributed by atoms with Crippen molar-refractivity contribution in [2.24, 2.45) is 0 Å². The number of carbonyl (C=O) groups is 8. The molecule has 0 aliphatic heterocycles. The monoisotopic (exact) mass is 934 g/mol. The van der Waals surface area contributed by atoms with E-state index in [0.717, 1.165) is 0 Å². The van der Waals surface area contributed by atoms with E-state index in [-0.39, 0.29) is 64.6 Å². The number of nitrogens with one attached hydrogen (secondary N) is 2. The number of carboxylic acid groups (broad SMARTS) is 2. The highest BCUT2D eigenvalue weighted by atomic mass is 19.4. The smallest absolute Gasteiger partial charge is 0.465 e. The Morgan fingerprint density at radius 3 is 1.14 bits per heavy atom. The third-order valence-corrected chi connectivity index (χ3v) is 9.64. The van der Waals surface area contributed by atoms with Gasteiger partial charge in [0.25, 0.3) is 0 Å². The number of aryl methyl sites for hydroxylation is 2. The van der Waals surface area contributed by atoms with Gasteiger partial charge < -0.3 is 35.1 Å². The molecule has 0 saturated carbocycles. The van der Waals surface area contributed by atoms with Gasteiger partial charge in [-0.05, 0) is 89.2 Å². The predicted molar refractivity (Wildman–Crippen MR) is 215 cm³/mol. The summed E-state index contributed by atoms with van der Waals surface area (Å²) in [7, 11) is 0. The molecule has 2 aromatic rings. The molecule has 0 saturated heterocycles. The normalized spacial score (nSPS) is 13.2. The predicted octanol–water partition coefficient (Wildman–Crippen LogP) is 5.58. The summed E-state index contributed by atoms with van der Waals surface area (Å²) in [5, 5.41) is 24.3. The molecule has 4 N–H and O–H groups in total. The highest BCUT2D eigenvalue weighted by Gasteiger charge is 2.45. The van der Waals surface area contributed by atoms with Gasteiger partial charge in [-0.3, -0.25) is 19.4 Å². The molecule has 0 aliphatic rings. The quantitative estimate of drug-likeness (QED) is 0.0297. The van der Waals surface area contributed by atoms with E-state index in [9.17, 15) is 74.9 Å². The van der Waals surface area contributed by atoms with Crippen LogP contribution in [0.1, 0.15) is 76.3 Å². The van der Waals surface area contributed by atoms with Gasteiger partial charge >= 0.3 is 60.2 Å². The van der Waals surface area contributed by atoms with Crippen LogP contribution in [0.25, 0.3) is 0 Å². The molecule has 0 aliphatic carbocycles. The Bertz CT molecular complexity index is 1750. The molecule has 0 fully saturated rings. The van der Waals surface area contributed by atoms with Gasteiger partial charge in [0.2, 0.25) is 0 Å². The van der Waals surface area contributed by atoms with Crippen LogP contribution in [0.2, 0.25) is 0 Å². The summed E-state index contributed by atoms with van der Waals surface area (Å²) in [5.74, 6) is -10.2. The van der Waals surface area contributed by atoms with Crippen LogP contribution in [-0.2, 0) is 55.8 Å². The number of benzene rings is 2. The Morgan fingerprint density at radius 1 is 0.523 bits per heavy atom. The second-order valence-electron chi connectivity index (χ2n) is 14.2. The molecule has 0 bridgehead atoms. The molecule has 2 unspecified atom stereocenters. The first-order chi connectivity index (χ1) is 30.6. The number of nitrogens with zero attached hydrogens (tertiary/aromatic N) is 2. The Hall–Kier alpha value is -6.42. The van der Waals surface area contributed by atoms with Crippen molar-refractivity contribution in [1.29, 1.82) is 0 Å². The van der Waals surface area contributed by atoms with E-state index >= 15 is 0 Å². The summed E-state index contributed by atoms with van der Waals surface area (Å²) in [4.78, 5) is 105. The second kappa shape index (κ2) is 27.0. The number of hydrogen-bond donors (Lipinski definition) is 4. The largest absolute Gasteiger partial charge is 0.471 e. The van der Waals surface area contributed by atoms with Crippen LogP contribution >= 0.6 is 0 Å². The molecular weight excluding hydrogens is 882 g/mol. The number of hydrogen-bond acceptors (Lipinski definition) is 11. The summed E-state index contributed by atoms with van der Waals surface area (Å²) in [5.41, 5.74) is 1.25. The van der Waals surface area contributed by atoms with Crippen molar-refractivity contribution in [3.8, 4) is 0 Å². The van der Waals surface area contributed by atoms with E-state index in [1.165, 1.54) is 13.8 Å². The number of alkyl halides is 6. The van der Waals surface area contributed by atoms with Crippen LogP contribution < -0.4 is 10.6 Å². The first-order valence-electron chi connectivity index (χ1n) is 20.5. The Labute approximate surface area is 369 Å². The van der Waals surface area contributed by atoms with Crippen molar-refractivity contribution < 1.29 is 89.1 Å². The molecule has 0 spiro atoms. The minimum atomic E-state index is -5.23. The molecule has 65 heavy (non-hydrogen) atoms. The van der Waals surface area contributed by atoms with Crippen molar-refractivity contribution in [3.05, 3.63) is 71.8 Å². The lowest BCUT2D eigenvalue weighted by atomic mass is 10.00. The lowest BCUT2D eigenvalue weighted by molar-refractivity contribution is -0.173. The zero-order valence-corrected chi connectivity index (χ0v) is 35.5. The number of carbonyl (C=O) groups excluding carboxylic acids is 6. The first-order valence-corrected chi connectivity index (χ1v) is 20.5. The number of amides is 4. The average molecular weight is 935 g/mol. The molecular formula is C42H52F6N4O13. The third-order valence-electron chi connectivity index (χ3n) is 9.64. The fourth-order valence-corrected chi connectivity index (χ4v) is 6.59. The van der Waals surface area contributed by atoms with Gasteiger partial charge in [-0.25, -0.2) is 28.8 Å². The van der Waals surface area contributed by atoms with Crippen molar-refractivity contribution in [2.45, 2.75) is 115 Å². The van der Waals surface area contributed by atoms with Gasteiger partial charge in [-0.1, -0.05) is 60.7 Å². The summed E-state index contributed by atoms with van der Waals surface area (Å²) < 4.78 is 92.3. The molecule has 360 valence electrons. The number of ether oxygens (including phenoxy) is 3. The molecule has 2 rings (SSSR count). The van der Waals surface area contributed by atoms with E-state index in [1.54, 1.807) is 71.3 Å². The van der Waals surface area contributed by atoms with Crippen LogP contribution in [0.5, 0.6) is 0 Å². The molecule has 0 radical (unpaired) electrons. The lowest BCUT2D eigenvalue weighted by Gasteiger charge is -2.35. The van der Waals surface area contributed by atoms with Crippen LogP contribution in [0, 0.1) is 0 Å². The fraction of sp³-hybridized carbons (Fsp3) is 0.524. The van der Waals surface area contributed by atoms with Crippen molar-refractivity contribution in [3.63, 3.8) is 0 Å². The minimum Gasteiger partial charge on any atom is -0.465 e. The van der Waals surface area contributed by atoms with Gasteiger partial charge in [-0.2, -0.15) is 26.3 Å². The number of rotatable bonds is 26. The van der Waals surface area contributed by atoms with Crippen LogP contribution in [0.4, 0.5) is 35.9 Å². The Balaban J connectivity index is 2.63. The lowest BCUT2D eigenvalue weighted by Crippen LogP contribution is -2.57. The van der Waals surface area contributed by atoms with E-state index in [4.69, 9.17) is 14.2 Å². The van der Waals surface area contributed by atoms with Gasteiger partial charge in [0.05, 0.1) is 13.2 Å². The number of esters is 4. The van der Waals surface area contributed by atoms with Crippen molar-refractivity contribution in [1.82, 2.24) is 20.4 Å². The van der Waals surface area contributed by atoms with Gasteiger partial charge in [0.15, 0.2) is 0 Å². The molecule has 4 amide bonds. The fourth-order valence-electron chi connectivity index (χ4n) is 6.59. The summed E-state index contributed by atoms with van der Waals surface area (Å²) in [6.45, 7) is 1.10. The number of halogens is 6. The molecule has 0 heterocycles. The molecule has 17 nitrogen and oxygen atoms in total. The van der Waals surface area contributed by atoms with Crippen LogP contribution in [-0.4, -0.2) is 131 Å². The van der Waals surface area contributed by atoms with Gasteiger partial charge in [0.1, 0.15) is 24.2 Å². The van der Waals surface area contributed by atoms with E-state index in [1.807, 2.05) is 0 Å². The van der Waals surface area contributed by atoms with Crippen LogP contribution in [0.3, 0.4) is 0 Å². The molecule has 0 aromatic heterocycles. The summed E-state index contributed by atoms with van der Waals surface area (Å²) >= 11 is 0. The van der Waals surface area contributed by atoms with E-state index in [0.29, 0.717) is 20.9 Å². The highest BCUT2D eigenvalue weighted by Crippen LogP contribution is 2.24. The first kappa shape index (κ1) is 54.7. The Kier molecular flexibility index (Phi) is 22.8.